The summed E-state index contributed by atoms with van der Waals surface area (Å²) in [7, 11) is 0. The van der Waals surface area contributed by atoms with E-state index in [4.69, 9.17) is 4.84 Å². The zero-order chi connectivity index (χ0) is 13.4. The van der Waals surface area contributed by atoms with E-state index in [1.807, 2.05) is 0 Å². The van der Waals surface area contributed by atoms with E-state index in [-0.39, 0.29) is 5.57 Å². The summed E-state index contributed by atoms with van der Waals surface area (Å²) in [5, 5.41) is 1.16. The molecule has 5 nitrogen and oxygen atoms in total. The fourth-order valence-electron chi connectivity index (χ4n) is 1.36. The van der Waals surface area contributed by atoms with Gasteiger partial charge >= 0.3 is 0 Å². The third kappa shape index (κ3) is 3.78. The molecule has 0 aliphatic carbocycles. The Morgan fingerprint density at radius 1 is 1.44 bits per heavy atom. The summed E-state index contributed by atoms with van der Waals surface area (Å²) in [6.45, 7) is 4.30. The van der Waals surface area contributed by atoms with Gasteiger partial charge in [-0.25, -0.2) is 5.06 Å². The van der Waals surface area contributed by atoms with Crippen molar-refractivity contribution in [3.05, 3.63) is 35.7 Å². The maximum absolute atomic E-state index is 12.0. The predicted molar refractivity (Wildman–Crippen MR) is 67.3 cm³/mol. The van der Waals surface area contributed by atoms with Gasteiger partial charge in [0.2, 0.25) is 0 Å². The molecular weight excluding hydrogens is 232 g/mol. The molecular formula is C13H16N2O3. The summed E-state index contributed by atoms with van der Waals surface area (Å²) in [5.41, 5.74) is 0.574. The van der Waals surface area contributed by atoms with Gasteiger partial charge in [-0.2, -0.15) is 0 Å². The third-order valence-corrected chi connectivity index (χ3v) is 2.16. The van der Waals surface area contributed by atoms with E-state index >= 15 is 0 Å². The van der Waals surface area contributed by atoms with Crippen LogP contribution in [0.3, 0.4) is 0 Å². The molecule has 0 saturated carbocycles. The molecule has 0 aromatic carbocycles. The Bertz CT molecular complexity index is 429. The van der Waals surface area contributed by atoms with Gasteiger partial charge in [-0.15, -0.1) is 0 Å². The molecule has 0 spiro atoms. The van der Waals surface area contributed by atoms with Crippen molar-refractivity contribution in [3.8, 4) is 0 Å². The van der Waals surface area contributed by atoms with E-state index < -0.39 is 5.91 Å². The first-order chi connectivity index (χ1) is 8.72. The molecule has 1 aromatic heterocycles. The number of carbonyl (C=O) groups excluding carboxylic acids is 2. The van der Waals surface area contributed by atoms with Crippen molar-refractivity contribution < 1.29 is 14.4 Å². The first-order valence-corrected chi connectivity index (χ1v) is 5.75. The molecule has 0 bridgehead atoms. The van der Waals surface area contributed by atoms with Crippen LogP contribution >= 0.6 is 0 Å². The Morgan fingerprint density at radius 3 is 2.72 bits per heavy atom. The van der Waals surface area contributed by atoms with E-state index in [0.717, 1.165) is 5.06 Å². The molecule has 0 fully saturated rings. The quantitative estimate of drug-likeness (QED) is 0.251. The number of rotatable bonds is 6. The Hall–Kier alpha value is -2.01. The number of pyridine rings is 1. The predicted octanol–water partition coefficient (Wildman–Crippen LogP) is 1.46. The van der Waals surface area contributed by atoms with Crippen LogP contribution in [0.2, 0.25) is 0 Å². The second kappa shape index (κ2) is 7.34. The van der Waals surface area contributed by atoms with Gasteiger partial charge in [0, 0.05) is 12.7 Å². The lowest BCUT2D eigenvalue weighted by molar-refractivity contribution is -0.178. The van der Waals surface area contributed by atoms with E-state index in [1.54, 1.807) is 38.2 Å². The second-order valence-electron chi connectivity index (χ2n) is 3.39. The van der Waals surface area contributed by atoms with E-state index in [1.165, 1.54) is 6.08 Å². The van der Waals surface area contributed by atoms with Crippen LogP contribution in [0.5, 0.6) is 0 Å². The van der Waals surface area contributed by atoms with Gasteiger partial charge < -0.3 is 0 Å². The van der Waals surface area contributed by atoms with Crippen molar-refractivity contribution in [2.75, 3.05) is 13.2 Å². The zero-order valence-corrected chi connectivity index (χ0v) is 10.5. The average molecular weight is 248 g/mol. The summed E-state index contributed by atoms with van der Waals surface area (Å²) < 4.78 is 0. The van der Waals surface area contributed by atoms with Gasteiger partial charge in [0.1, 0.15) is 0 Å². The van der Waals surface area contributed by atoms with Gasteiger partial charge in [-0.1, -0.05) is 6.07 Å². The van der Waals surface area contributed by atoms with Gasteiger partial charge in [-0.3, -0.25) is 19.4 Å². The van der Waals surface area contributed by atoms with Crippen molar-refractivity contribution >= 4 is 18.3 Å². The van der Waals surface area contributed by atoms with Crippen LogP contribution in [0.1, 0.15) is 19.5 Å². The van der Waals surface area contributed by atoms with Crippen LogP contribution < -0.4 is 0 Å². The van der Waals surface area contributed by atoms with Gasteiger partial charge in [-0.05, 0) is 32.1 Å². The van der Waals surface area contributed by atoms with Crippen molar-refractivity contribution in [2.24, 2.45) is 0 Å². The van der Waals surface area contributed by atoms with Crippen molar-refractivity contribution in [2.45, 2.75) is 13.8 Å². The highest BCUT2D eigenvalue weighted by Crippen LogP contribution is 2.06. The van der Waals surface area contributed by atoms with Crippen LogP contribution in [0.4, 0.5) is 0 Å². The monoisotopic (exact) mass is 248 g/mol. The minimum atomic E-state index is -0.458. The maximum Gasteiger partial charge on any atom is 0.280 e. The number of hydroxylamine groups is 2. The molecule has 0 radical (unpaired) electrons. The third-order valence-electron chi connectivity index (χ3n) is 2.16. The lowest BCUT2D eigenvalue weighted by atomic mass is 10.2. The van der Waals surface area contributed by atoms with E-state index in [0.29, 0.717) is 25.1 Å². The molecule has 18 heavy (non-hydrogen) atoms. The Labute approximate surface area is 106 Å². The normalized spacial score (nSPS) is 11.1. The fourth-order valence-corrected chi connectivity index (χ4v) is 1.36. The Morgan fingerprint density at radius 2 is 2.22 bits per heavy atom. The second-order valence-corrected chi connectivity index (χ2v) is 3.39. The molecule has 1 heterocycles. The number of nitrogens with zero attached hydrogens (tertiary/aromatic N) is 2. The van der Waals surface area contributed by atoms with Crippen LogP contribution in [0.25, 0.3) is 6.08 Å². The summed E-state index contributed by atoms with van der Waals surface area (Å²) in [5.74, 6) is -0.458. The number of amides is 1. The summed E-state index contributed by atoms with van der Waals surface area (Å²) in [6.07, 6.45) is 3.55. The maximum atomic E-state index is 12.0. The number of hydrogen-bond donors (Lipinski definition) is 0. The number of aldehydes is 1. The molecule has 0 saturated heterocycles. The van der Waals surface area contributed by atoms with Crippen LogP contribution in [-0.2, 0) is 14.4 Å². The highest BCUT2D eigenvalue weighted by Gasteiger charge is 2.17. The summed E-state index contributed by atoms with van der Waals surface area (Å²) in [6, 6.07) is 5.26. The topological polar surface area (TPSA) is 59.5 Å². The molecule has 1 rings (SSSR count). The molecule has 0 atom stereocenters. The number of likely N-dealkylation sites (N-methyl/N-ethyl adjacent to an activating group) is 1. The first kappa shape index (κ1) is 14.1. The van der Waals surface area contributed by atoms with Crippen LogP contribution in [0, 0.1) is 0 Å². The average Bonchev–Trinajstić information content (AvgIpc) is 2.42. The number of hydrogen-bond acceptors (Lipinski definition) is 4. The summed E-state index contributed by atoms with van der Waals surface area (Å²) in [4.78, 5) is 32.1. The molecule has 5 heteroatoms. The SMILES string of the molecule is CCON(CC)C(=O)C(C=O)=Cc1ccccn1. The van der Waals surface area contributed by atoms with Crippen LogP contribution in [0.15, 0.2) is 30.0 Å². The van der Waals surface area contributed by atoms with Crippen molar-refractivity contribution in [1.29, 1.82) is 0 Å². The minimum Gasteiger partial charge on any atom is -0.298 e. The molecule has 0 aliphatic heterocycles. The lowest BCUT2D eigenvalue weighted by Gasteiger charge is -2.18. The zero-order valence-electron chi connectivity index (χ0n) is 10.5. The molecule has 0 unspecified atom stereocenters. The van der Waals surface area contributed by atoms with Gasteiger partial charge in [0.25, 0.3) is 5.91 Å². The van der Waals surface area contributed by atoms with Crippen molar-refractivity contribution in [3.63, 3.8) is 0 Å². The molecule has 1 aromatic rings. The van der Waals surface area contributed by atoms with Gasteiger partial charge in [0.05, 0.1) is 17.9 Å². The lowest BCUT2D eigenvalue weighted by Crippen LogP contribution is -2.32. The Kier molecular flexibility index (Phi) is 5.73. The first-order valence-electron chi connectivity index (χ1n) is 5.75. The summed E-state index contributed by atoms with van der Waals surface area (Å²) >= 11 is 0. The highest BCUT2D eigenvalue weighted by molar-refractivity contribution is 6.13. The van der Waals surface area contributed by atoms with E-state index in [9.17, 15) is 9.59 Å². The van der Waals surface area contributed by atoms with E-state index in [2.05, 4.69) is 4.98 Å². The highest BCUT2D eigenvalue weighted by atomic mass is 16.7. The molecule has 0 aliphatic rings. The molecule has 1 amide bonds. The largest absolute Gasteiger partial charge is 0.298 e. The van der Waals surface area contributed by atoms with Crippen molar-refractivity contribution in [1.82, 2.24) is 10.0 Å². The molecule has 0 N–H and O–H groups in total. The standard InChI is InChI=1S/C13H16N2O3/c1-3-15(18-4-2)13(17)11(10-16)9-12-7-5-6-8-14-12/h5-10H,3-4H2,1-2H3. The number of aromatic nitrogens is 1. The molecule has 96 valence electrons. The van der Waals surface area contributed by atoms with Crippen LogP contribution in [-0.4, -0.2) is 35.4 Å². The Balaban J connectivity index is 2.92. The minimum absolute atomic E-state index is 0.0176. The smallest absolute Gasteiger partial charge is 0.280 e. The fraction of sp³-hybridized carbons (Fsp3) is 0.308. The number of carbonyl (C=O) groups is 2. The van der Waals surface area contributed by atoms with Gasteiger partial charge in [0.15, 0.2) is 6.29 Å².